The van der Waals surface area contributed by atoms with Crippen molar-refractivity contribution in [3.8, 4) is 11.5 Å². The zero-order chi connectivity index (χ0) is 26.0. The van der Waals surface area contributed by atoms with Crippen LogP contribution in [0.3, 0.4) is 0 Å². The number of aliphatic hydroxyl groups is 1. The predicted molar refractivity (Wildman–Crippen MR) is 129 cm³/mol. The molecule has 1 saturated heterocycles. The molecule has 1 aromatic carbocycles. The molecular formula is C25H31N3O7. The average Bonchev–Trinajstić information content (AvgIpc) is 3.28. The largest absolute Gasteiger partial charge is 0.507 e. The van der Waals surface area contributed by atoms with Crippen molar-refractivity contribution in [3.63, 3.8) is 0 Å². The molecule has 2 N–H and O–H groups in total. The fraction of sp³-hybridized carbons (Fsp3) is 0.400. The van der Waals surface area contributed by atoms with Gasteiger partial charge in [-0.15, -0.1) is 0 Å². The Balaban J connectivity index is 2.26. The minimum Gasteiger partial charge on any atom is -0.507 e. The molecule has 1 unspecified atom stereocenters. The SMILES string of the molecule is COC(=O)c1[nH]c(C)c(/C(O)=C2/C(=O)C(=O)N(CCN(C)C)C2c2ccc(OC)c(OC)c2)c1C. The topological polar surface area (TPSA) is 121 Å². The van der Waals surface area contributed by atoms with E-state index in [1.165, 1.54) is 26.2 Å². The van der Waals surface area contributed by atoms with Crippen molar-refractivity contribution in [1.29, 1.82) is 0 Å². The molecule has 0 bridgehead atoms. The van der Waals surface area contributed by atoms with Crippen LogP contribution in [0, 0.1) is 13.8 Å². The monoisotopic (exact) mass is 485 g/mol. The number of aromatic amines is 1. The van der Waals surface area contributed by atoms with E-state index in [2.05, 4.69) is 4.98 Å². The first-order valence-corrected chi connectivity index (χ1v) is 11.0. The molecule has 0 radical (unpaired) electrons. The molecule has 1 aliphatic heterocycles. The smallest absolute Gasteiger partial charge is 0.354 e. The standard InChI is InChI=1S/C25H31N3O7/c1-13-18(14(2)26-20(13)25(32)35-7)22(29)19-21(15-8-9-16(33-5)17(12-15)34-6)28(11-10-27(3)4)24(31)23(19)30/h8-9,12,21,26,29H,10-11H2,1-7H3/b22-19-. The van der Waals surface area contributed by atoms with Gasteiger partial charge in [-0.25, -0.2) is 4.79 Å². The van der Waals surface area contributed by atoms with Gasteiger partial charge in [0.1, 0.15) is 11.5 Å². The molecule has 1 amide bonds. The number of carbonyl (C=O) groups excluding carboxylic acids is 3. The summed E-state index contributed by atoms with van der Waals surface area (Å²) in [4.78, 5) is 44.8. The van der Waals surface area contributed by atoms with Crippen molar-refractivity contribution in [2.24, 2.45) is 0 Å². The zero-order valence-corrected chi connectivity index (χ0v) is 21.0. The lowest BCUT2D eigenvalue weighted by Gasteiger charge is -2.27. The number of rotatable bonds is 8. The number of H-pyrrole nitrogens is 1. The number of likely N-dealkylation sites (tertiary alicyclic amines) is 1. The molecule has 10 heteroatoms. The molecule has 0 saturated carbocycles. The van der Waals surface area contributed by atoms with Gasteiger partial charge < -0.3 is 34.1 Å². The average molecular weight is 486 g/mol. The lowest BCUT2D eigenvalue weighted by atomic mass is 9.93. The molecule has 0 spiro atoms. The molecule has 2 heterocycles. The number of nitrogens with zero attached hydrogens (tertiary/aromatic N) is 2. The van der Waals surface area contributed by atoms with E-state index in [1.54, 1.807) is 32.0 Å². The lowest BCUT2D eigenvalue weighted by Crippen LogP contribution is -2.35. The zero-order valence-electron chi connectivity index (χ0n) is 21.0. The first-order chi connectivity index (χ1) is 16.6. The summed E-state index contributed by atoms with van der Waals surface area (Å²) in [5, 5.41) is 11.4. The number of hydrogen-bond acceptors (Lipinski definition) is 8. The highest BCUT2D eigenvalue weighted by molar-refractivity contribution is 6.46. The Morgan fingerprint density at radius 2 is 1.77 bits per heavy atom. The van der Waals surface area contributed by atoms with Crippen LogP contribution in [0.15, 0.2) is 23.8 Å². The van der Waals surface area contributed by atoms with Crippen LogP contribution in [0.5, 0.6) is 11.5 Å². The van der Waals surface area contributed by atoms with Crippen molar-refractivity contribution in [2.75, 3.05) is 48.5 Å². The normalized spacial score (nSPS) is 17.3. The van der Waals surface area contributed by atoms with Gasteiger partial charge >= 0.3 is 5.97 Å². The summed E-state index contributed by atoms with van der Waals surface area (Å²) in [6, 6.07) is 4.22. The first-order valence-electron chi connectivity index (χ1n) is 11.0. The van der Waals surface area contributed by atoms with Crippen molar-refractivity contribution in [1.82, 2.24) is 14.8 Å². The maximum absolute atomic E-state index is 13.3. The molecule has 1 aromatic heterocycles. The molecule has 188 valence electrons. The first kappa shape index (κ1) is 25.8. The van der Waals surface area contributed by atoms with E-state index < -0.39 is 23.7 Å². The summed E-state index contributed by atoms with van der Waals surface area (Å²) in [5.74, 6) is -1.58. The van der Waals surface area contributed by atoms with E-state index in [4.69, 9.17) is 14.2 Å². The molecule has 35 heavy (non-hydrogen) atoms. The van der Waals surface area contributed by atoms with E-state index >= 15 is 0 Å². The minimum absolute atomic E-state index is 0.0670. The maximum Gasteiger partial charge on any atom is 0.354 e. The molecule has 0 aliphatic carbocycles. The van der Waals surface area contributed by atoms with Gasteiger partial charge in [0.2, 0.25) is 0 Å². The Bertz CT molecular complexity index is 1200. The molecule has 10 nitrogen and oxygen atoms in total. The molecule has 3 rings (SSSR count). The number of nitrogens with one attached hydrogen (secondary N) is 1. The highest BCUT2D eigenvalue weighted by atomic mass is 16.5. The number of Topliss-reactive ketones (excluding diaryl/α,β-unsaturated/α-hetero) is 1. The highest BCUT2D eigenvalue weighted by Gasteiger charge is 2.46. The number of aryl methyl sites for hydroxylation is 1. The van der Waals surface area contributed by atoms with Crippen LogP contribution in [0.2, 0.25) is 0 Å². The van der Waals surface area contributed by atoms with Gasteiger partial charge in [-0.3, -0.25) is 9.59 Å². The number of aliphatic hydroxyl groups excluding tert-OH is 1. The van der Waals surface area contributed by atoms with Crippen molar-refractivity contribution >= 4 is 23.4 Å². The second kappa shape index (κ2) is 10.2. The third-order valence-electron chi connectivity index (χ3n) is 6.12. The summed E-state index contributed by atoms with van der Waals surface area (Å²) in [7, 11) is 7.99. The highest BCUT2D eigenvalue weighted by Crippen LogP contribution is 2.42. The Hall–Kier alpha value is -3.79. The Kier molecular flexibility index (Phi) is 7.54. The lowest BCUT2D eigenvalue weighted by molar-refractivity contribution is -0.140. The summed E-state index contributed by atoms with van der Waals surface area (Å²) >= 11 is 0. The number of ether oxygens (including phenoxy) is 3. The van der Waals surface area contributed by atoms with E-state index in [-0.39, 0.29) is 29.1 Å². The summed E-state index contributed by atoms with van der Waals surface area (Å²) < 4.78 is 15.6. The van der Waals surface area contributed by atoms with Crippen LogP contribution in [0.4, 0.5) is 0 Å². The minimum atomic E-state index is -0.870. The number of likely N-dealkylation sites (N-methyl/N-ethyl adjacent to an activating group) is 1. The molecule has 2 aromatic rings. The van der Waals surface area contributed by atoms with Crippen molar-refractivity contribution in [2.45, 2.75) is 19.9 Å². The Labute approximate surface area is 204 Å². The summed E-state index contributed by atoms with van der Waals surface area (Å²) in [5.41, 5.74) is 1.82. The van der Waals surface area contributed by atoms with Crippen LogP contribution < -0.4 is 9.47 Å². The number of hydrogen-bond donors (Lipinski definition) is 2. The van der Waals surface area contributed by atoms with Gasteiger partial charge in [0.05, 0.1) is 32.9 Å². The third kappa shape index (κ3) is 4.61. The number of benzene rings is 1. The van der Waals surface area contributed by atoms with E-state index in [0.29, 0.717) is 34.9 Å². The van der Waals surface area contributed by atoms with Crippen LogP contribution in [0.1, 0.15) is 38.9 Å². The van der Waals surface area contributed by atoms with Crippen molar-refractivity contribution in [3.05, 3.63) is 51.9 Å². The summed E-state index contributed by atoms with van der Waals surface area (Å²) in [6.45, 7) is 4.07. The number of amides is 1. The van der Waals surface area contributed by atoms with E-state index in [1.807, 2.05) is 19.0 Å². The van der Waals surface area contributed by atoms with Gasteiger partial charge in [0, 0.05) is 24.3 Å². The van der Waals surface area contributed by atoms with Gasteiger partial charge in [0.15, 0.2) is 11.5 Å². The number of esters is 1. The van der Waals surface area contributed by atoms with Gasteiger partial charge in [-0.2, -0.15) is 0 Å². The maximum atomic E-state index is 13.3. The van der Waals surface area contributed by atoms with Crippen molar-refractivity contribution < 1.29 is 33.7 Å². The summed E-state index contributed by atoms with van der Waals surface area (Å²) in [6.07, 6.45) is 0. The second-order valence-corrected chi connectivity index (χ2v) is 8.53. The van der Waals surface area contributed by atoms with Crippen LogP contribution in [-0.2, 0) is 14.3 Å². The van der Waals surface area contributed by atoms with Crippen LogP contribution >= 0.6 is 0 Å². The van der Waals surface area contributed by atoms with Crippen LogP contribution in [-0.4, -0.2) is 86.1 Å². The predicted octanol–water partition coefficient (Wildman–Crippen LogP) is 2.42. The van der Waals surface area contributed by atoms with E-state index in [9.17, 15) is 19.5 Å². The fourth-order valence-electron chi connectivity index (χ4n) is 4.33. The van der Waals surface area contributed by atoms with Gasteiger partial charge in [-0.1, -0.05) is 6.07 Å². The number of ketones is 1. The molecule has 1 fully saturated rings. The Morgan fingerprint density at radius 1 is 1.11 bits per heavy atom. The van der Waals surface area contributed by atoms with Gasteiger partial charge in [0.25, 0.3) is 11.7 Å². The second-order valence-electron chi connectivity index (χ2n) is 8.53. The van der Waals surface area contributed by atoms with Crippen LogP contribution in [0.25, 0.3) is 5.76 Å². The molecular weight excluding hydrogens is 454 g/mol. The van der Waals surface area contributed by atoms with Gasteiger partial charge in [-0.05, 0) is 51.2 Å². The number of carbonyl (C=O) groups is 3. The third-order valence-corrected chi connectivity index (χ3v) is 6.12. The fourth-order valence-corrected chi connectivity index (χ4v) is 4.33. The quantitative estimate of drug-likeness (QED) is 0.253. The number of methoxy groups -OCH3 is 3. The molecule has 1 aliphatic rings. The Morgan fingerprint density at radius 3 is 2.34 bits per heavy atom. The molecule has 1 atom stereocenters. The number of aromatic nitrogens is 1. The van der Waals surface area contributed by atoms with E-state index in [0.717, 1.165) is 0 Å².